The summed E-state index contributed by atoms with van der Waals surface area (Å²) in [6, 6.07) is 6.16. The van der Waals surface area contributed by atoms with Crippen LogP contribution >= 0.6 is 11.8 Å². The average molecular weight is 367 g/mol. The molecule has 0 aliphatic carbocycles. The number of para-hydroxylation sites is 1. The highest BCUT2D eigenvalue weighted by atomic mass is 32.2. The summed E-state index contributed by atoms with van der Waals surface area (Å²) >= 11 is 1.47. The molecule has 0 spiro atoms. The number of amides is 1. The Balaban J connectivity index is 1.54. The van der Waals surface area contributed by atoms with Crippen molar-refractivity contribution in [2.75, 3.05) is 19.3 Å². The number of hydrogen-bond donors (Lipinski definition) is 1. The van der Waals surface area contributed by atoms with Crippen LogP contribution < -0.4 is 0 Å². The summed E-state index contributed by atoms with van der Waals surface area (Å²) in [5, 5.41) is 0.677. The molecule has 6 nitrogen and oxygen atoms in total. The molecule has 1 N–H and O–H groups in total. The quantitative estimate of drug-likeness (QED) is 0.567. The molecule has 4 rings (SSSR count). The van der Waals surface area contributed by atoms with Gasteiger partial charge in [-0.15, -0.1) is 0 Å². The fraction of sp³-hybridized carbons (Fsp3) is 0.368. The number of aromatic amines is 1. The molecule has 1 aromatic carbocycles. The highest BCUT2D eigenvalue weighted by Gasteiger charge is 2.27. The van der Waals surface area contributed by atoms with Crippen molar-refractivity contribution in [2.45, 2.75) is 30.8 Å². The number of likely N-dealkylation sites (tertiary alicyclic amines) is 1. The standard InChI is InChI=1S/C19H21N5OS/c1-12-5-3-7-15-16(12)23-17(22-15)13-6-4-8-24(11-13)18(25)14-9-20-19(26-2)21-10-14/h3,5,7,9-10,13H,4,6,8,11H2,1-2H3,(H,22,23)/t13-/m0/s1. The summed E-state index contributed by atoms with van der Waals surface area (Å²) in [7, 11) is 0. The van der Waals surface area contributed by atoms with E-state index < -0.39 is 0 Å². The molecule has 1 saturated heterocycles. The summed E-state index contributed by atoms with van der Waals surface area (Å²) in [6.07, 6.45) is 7.16. The van der Waals surface area contributed by atoms with Gasteiger partial charge in [-0.25, -0.2) is 15.0 Å². The third-order valence-corrected chi connectivity index (χ3v) is 5.46. The first-order valence-corrected chi connectivity index (χ1v) is 9.98. The lowest BCUT2D eigenvalue weighted by atomic mass is 9.97. The molecule has 1 aliphatic rings. The van der Waals surface area contributed by atoms with Crippen LogP contribution in [0.4, 0.5) is 0 Å². The highest BCUT2D eigenvalue weighted by Crippen LogP contribution is 2.28. The van der Waals surface area contributed by atoms with E-state index in [4.69, 9.17) is 4.98 Å². The van der Waals surface area contributed by atoms with Crippen LogP contribution in [0.15, 0.2) is 35.7 Å². The van der Waals surface area contributed by atoms with E-state index in [9.17, 15) is 4.79 Å². The van der Waals surface area contributed by atoms with E-state index in [2.05, 4.69) is 34.0 Å². The van der Waals surface area contributed by atoms with Crippen molar-refractivity contribution in [2.24, 2.45) is 0 Å². The number of aromatic nitrogens is 4. The number of nitrogens with one attached hydrogen (secondary N) is 1. The van der Waals surface area contributed by atoms with Gasteiger partial charge in [0.2, 0.25) is 0 Å². The lowest BCUT2D eigenvalue weighted by Gasteiger charge is -2.31. The zero-order valence-corrected chi connectivity index (χ0v) is 15.7. The van der Waals surface area contributed by atoms with Crippen LogP contribution in [-0.2, 0) is 0 Å². The van der Waals surface area contributed by atoms with Crippen molar-refractivity contribution in [3.8, 4) is 0 Å². The summed E-state index contributed by atoms with van der Waals surface area (Å²) < 4.78 is 0. The van der Waals surface area contributed by atoms with Crippen LogP contribution in [0, 0.1) is 6.92 Å². The van der Waals surface area contributed by atoms with Crippen molar-refractivity contribution < 1.29 is 4.79 Å². The molecule has 1 fully saturated rings. The molecule has 134 valence electrons. The summed E-state index contributed by atoms with van der Waals surface area (Å²) in [5.41, 5.74) is 3.79. The number of piperidine rings is 1. The minimum absolute atomic E-state index is 0.00496. The van der Waals surface area contributed by atoms with E-state index in [1.807, 2.05) is 17.2 Å². The van der Waals surface area contributed by atoms with Crippen LogP contribution in [0.5, 0.6) is 0 Å². The average Bonchev–Trinajstić information content (AvgIpc) is 3.13. The lowest BCUT2D eigenvalue weighted by Crippen LogP contribution is -2.39. The van der Waals surface area contributed by atoms with Gasteiger partial charge in [0, 0.05) is 31.4 Å². The largest absolute Gasteiger partial charge is 0.342 e. The predicted molar refractivity (Wildman–Crippen MR) is 103 cm³/mol. The monoisotopic (exact) mass is 367 g/mol. The summed E-state index contributed by atoms with van der Waals surface area (Å²) in [4.78, 5) is 31.4. The fourth-order valence-electron chi connectivity index (χ4n) is 3.49. The minimum atomic E-state index is -0.00496. The topological polar surface area (TPSA) is 74.8 Å². The Hall–Kier alpha value is -2.41. The summed E-state index contributed by atoms with van der Waals surface area (Å²) in [6.45, 7) is 3.50. The third-order valence-electron chi connectivity index (χ3n) is 4.89. The second-order valence-electron chi connectivity index (χ2n) is 6.64. The molecule has 0 unspecified atom stereocenters. The number of thioether (sulfide) groups is 1. The van der Waals surface area contributed by atoms with Crippen LogP contribution in [0.25, 0.3) is 11.0 Å². The van der Waals surface area contributed by atoms with Crippen molar-refractivity contribution in [1.29, 1.82) is 0 Å². The molecule has 0 saturated carbocycles. The molecule has 0 bridgehead atoms. The number of H-pyrrole nitrogens is 1. The smallest absolute Gasteiger partial charge is 0.257 e. The maximum atomic E-state index is 12.8. The number of carbonyl (C=O) groups excluding carboxylic acids is 1. The molecule has 1 atom stereocenters. The Labute approximate surface area is 156 Å². The molecule has 0 radical (unpaired) electrons. The number of nitrogens with zero attached hydrogens (tertiary/aromatic N) is 4. The SMILES string of the molecule is CSc1ncc(C(=O)N2CCC[C@H](c3nc4c(C)cccc4[nH]3)C2)cn1. The van der Waals surface area contributed by atoms with Gasteiger partial charge in [-0.1, -0.05) is 23.9 Å². The van der Waals surface area contributed by atoms with Gasteiger partial charge in [-0.05, 0) is 37.7 Å². The van der Waals surface area contributed by atoms with E-state index in [1.54, 1.807) is 12.4 Å². The molecule has 1 amide bonds. The lowest BCUT2D eigenvalue weighted by molar-refractivity contribution is 0.0704. The van der Waals surface area contributed by atoms with Gasteiger partial charge in [0.05, 0.1) is 16.6 Å². The van der Waals surface area contributed by atoms with Gasteiger partial charge in [-0.3, -0.25) is 4.79 Å². The molecule has 3 heterocycles. The number of fused-ring (bicyclic) bond motifs is 1. The molecule has 3 aromatic rings. The van der Waals surface area contributed by atoms with E-state index in [-0.39, 0.29) is 11.8 Å². The first-order chi connectivity index (χ1) is 12.7. The first kappa shape index (κ1) is 17.0. The number of aryl methyl sites for hydroxylation is 1. The molecule has 7 heteroatoms. The molecule has 1 aliphatic heterocycles. The minimum Gasteiger partial charge on any atom is -0.342 e. The normalized spacial score (nSPS) is 17.6. The Kier molecular flexibility index (Phi) is 4.63. The van der Waals surface area contributed by atoms with Crippen LogP contribution in [-0.4, -0.2) is 50.1 Å². The van der Waals surface area contributed by atoms with E-state index in [0.717, 1.165) is 36.2 Å². The van der Waals surface area contributed by atoms with Gasteiger partial charge < -0.3 is 9.88 Å². The van der Waals surface area contributed by atoms with E-state index >= 15 is 0 Å². The molecular formula is C19H21N5OS. The second-order valence-corrected chi connectivity index (χ2v) is 7.42. The number of hydrogen-bond acceptors (Lipinski definition) is 5. The van der Waals surface area contributed by atoms with Crippen molar-refractivity contribution in [1.82, 2.24) is 24.8 Å². The number of imidazole rings is 1. The number of carbonyl (C=O) groups is 1. The van der Waals surface area contributed by atoms with Gasteiger partial charge in [-0.2, -0.15) is 0 Å². The molecule has 26 heavy (non-hydrogen) atoms. The predicted octanol–water partition coefficient (Wildman–Crippen LogP) is 3.40. The Morgan fingerprint density at radius 3 is 2.85 bits per heavy atom. The highest BCUT2D eigenvalue weighted by molar-refractivity contribution is 7.98. The third kappa shape index (κ3) is 3.19. The fourth-order valence-corrected chi connectivity index (χ4v) is 3.80. The Morgan fingerprint density at radius 1 is 1.31 bits per heavy atom. The number of rotatable bonds is 3. The Morgan fingerprint density at radius 2 is 2.12 bits per heavy atom. The second kappa shape index (κ2) is 7.07. The zero-order chi connectivity index (χ0) is 18.1. The van der Waals surface area contributed by atoms with Crippen LogP contribution in [0.3, 0.4) is 0 Å². The summed E-state index contributed by atoms with van der Waals surface area (Å²) in [5.74, 6) is 1.20. The van der Waals surface area contributed by atoms with Crippen molar-refractivity contribution in [3.05, 3.63) is 47.5 Å². The van der Waals surface area contributed by atoms with Gasteiger partial charge in [0.15, 0.2) is 5.16 Å². The van der Waals surface area contributed by atoms with Gasteiger partial charge in [0.25, 0.3) is 5.91 Å². The molecular weight excluding hydrogens is 346 g/mol. The van der Waals surface area contributed by atoms with Gasteiger partial charge >= 0.3 is 0 Å². The van der Waals surface area contributed by atoms with Crippen molar-refractivity contribution in [3.63, 3.8) is 0 Å². The van der Waals surface area contributed by atoms with Crippen LogP contribution in [0.2, 0.25) is 0 Å². The maximum absolute atomic E-state index is 12.8. The van der Waals surface area contributed by atoms with Crippen molar-refractivity contribution >= 4 is 28.7 Å². The zero-order valence-electron chi connectivity index (χ0n) is 14.9. The van der Waals surface area contributed by atoms with E-state index in [1.165, 1.54) is 17.3 Å². The first-order valence-electron chi connectivity index (χ1n) is 8.76. The number of benzene rings is 1. The van der Waals surface area contributed by atoms with Gasteiger partial charge in [0.1, 0.15) is 5.82 Å². The van der Waals surface area contributed by atoms with E-state index in [0.29, 0.717) is 17.3 Å². The maximum Gasteiger partial charge on any atom is 0.257 e. The Bertz CT molecular complexity index is 937. The molecule has 2 aromatic heterocycles. The van der Waals surface area contributed by atoms with Crippen LogP contribution in [0.1, 0.15) is 40.5 Å².